The zero-order valence-corrected chi connectivity index (χ0v) is 10.7. The first-order valence-corrected chi connectivity index (χ1v) is 6.56. The number of nitrogens with zero attached hydrogens (tertiary/aromatic N) is 4. The molecule has 2 rings (SSSR count). The van der Waals surface area contributed by atoms with Crippen LogP contribution in [0.2, 0.25) is 0 Å². The Bertz CT molecular complexity index is 468. The summed E-state index contributed by atoms with van der Waals surface area (Å²) in [5.41, 5.74) is 0. The average Bonchev–Trinajstić information content (AvgIpc) is 2.95. The minimum atomic E-state index is 0.539. The Hall–Kier alpha value is -1.37. The smallest absolute Gasteiger partial charge is 0.277 e. The summed E-state index contributed by atoms with van der Waals surface area (Å²) in [6, 6.07) is 0. The molecule has 0 bridgehead atoms. The molecule has 0 saturated heterocycles. The zero-order valence-electron chi connectivity index (χ0n) is 9.84. The summed E-state index contributed by atoms with van der Waals surface area (Å²) in [4.78, 5) is 0. The first-order valence-electron chi connectivity index (χ1n) is 5.58. The second kappa shape index (κ2) is 5.81. The van der Waals surface area contributed by atoms with Crippen molar-refractivity contribution in [3.05, 3.63) is 17.7 Å². The highest BCUT2D eigenvalue weighted by Gasteiger charge is 2.09. The number of rotatable bonds is 6. The highest BCUT2D eigenvalue weighted by molar-refractivity contribution is 7.98. The van der Waals surface area contributed by atoms with Crippen LogP contribution >= 0.6 is 11.8 Å². The van der Waals surface area contributed by atoms with Crippen molar-refractivity contribution < 1.29 is 8.83 Å². The molecule has 0 spiro atoms. The minimum Gasteiger partial charge on any atom is -0.424 e. The Labute approximate surface area is 103 Å². The largest absolute Gasteiger partial charge is 0.424 e. The summed E-state index contributed by atoms with van der Waals surface area (Å²) in [6.45, 7) is 4.04. The lowest BCUT2D eigenvalue weighted by atomic mass is 10.3. The van der Waals surface area contributed by atoms with Crippen molar-refractivity contribution in [3.8, 4) is 0 Å². The highest BCUT2D eigenvalue weighted by Crippen LogP contribution is 2.20. The van der Waals surface area contributed by atoms with Crippen LogP contribution < -0.4 is 0 Å². The molecule has 2 aromatic rings. The fourth-order valence-corrected chi connectivity index (χ4v) is 1.84. The van der Waals surface area contributed by atoms with Gasteiger partial charge in [0.15, 0.2) is 0 Å². The Morgan fingerprint density at radius 3 is 2.41 bits per heavy atom. The van der Waals surface area contributed by atoms with Gasteiger partial charge in [0.25, 0.3) is 5.22 Å². The maximum atomic E-state index is 5.45. The molecule has 0 aromatic carbocycles. The van der Waals surface area contributed by atoms with Crippen LogP contribution in [0.5, 0.6) is 0 Å². The first-order chi connectivity index (χ1) is 8.31. The van der Waals surface area contributed by atoms with Crippen LogP contribution in [0, 0.1) is 0 Å². The maximum Gasteiger partial charge on any atom is 0.277 e. The molecular formula is C10H14N4O2S. The van der Waals surface area contributed by atoms with Gasteiger partial charge in [0.1, 0.15) is 0 Å². The third-order valence-corrected chi connectivity index (χ3v) is 2.85. The number of hydrogen-bond donors (Lipinski definition) is 0. The number of aryl methyl sites for hydroxylation is 2. The standard InChI is InChI=1S/C10H14N4O2S/c1-3-5-8-12-13-9(15-8)6-17-10-14-11-7(4-2)16-10/h3-6H2,1-2H3. The molecule has 0 unspecified atom stereocenters. The Morgan fingerprint density at radius 1 is 0.941 bits per heavy atom. The van der Waals surface area contributed by atoms with Crippen molar-refractivity contribution >= 4 is 11.8 Å². The third-order valence-electron chi connectivity index (χ3n) is 2.04. The Balaban J connectivity index is 1.88. The van der Waals surface area contributed by atoms with Crippen LogP contribution in [-0.2, 0) is 18.6 Å². The van der Waals surface area contributed by atoms with Crippen LogP contribution in [0.4, 0.5) is 0 Å². The van der Waals surface area contributed by atoms with E-state index >= 15 is 0 Å². The Morgan fingerprint density at radius 2 is 1.71 bits per heavy atom. The second-order valence-electron chi connectivity index (χ2n) is 3.44. The van der Waals surface area contributed by atoms with Gasteiger partial charge in [-0.3, -0.25) is 0 Å². The van der Waals surface area contributed by atoms with Gasteiger partial charge >= 0.3 is 0 Å². The Kier molecular flexibility index (Phi) is 4.13. The third kappa shape index (κ3) is 3.29. The second-order valence-corrected chi connectivity index (χ2v) is 4.37. The van der Waals surface area contributed by atoms with E-state index in [1.165, 1.54) is 11.8 Å². The van der Waals surface area contributed by atoms with E-state index in [-0.39, 0.29) is 0 Å². The molecule has 0 radical (unpaired) electrons. The predicted molar refractivity (Wildman–Crippen MR) is 61.5 cm³/mol. The lowest BCUT2D eigenvalue weighted by Crippen LogP contribution is -1.81. The molecule has 0 saturated carbocycles. The van der Waals surface area contributed by atoms with Gasteiger partial charge < -0.3 is 8.83 Å². The van der Waals surface area contributed by atoms with E-state index in [1.807, 2.05) is 6.92 Å². The number of hydrogen-bond acceptors (Lipinski definition) is 7. The van der Waals surface area contributed by atoms with Crippen molar-refractivity contribution in [2.75, 3.05) is 0 Å². The summed E-state index contributed by atoms with van der Waals surface area (Å²) in [5.74, 6) is 2.48. The quantitative estimate of drug-likeness (QED) is 0.731. The van der Waals surface area contributed by atoms with E-state index in [0.717, 1.165) is 19.3 Å². The molecule has 7 heteroatoms. The SMILES string of the molecule is CCCc1nnc(CSc2nnc(CC)o2)o1. The lowest BCUT2D eigenvalue weighted by molar-refractivity contribution is 0.415. The molecule has 17 heavy (non-hydrogen) atoms. The van der Waals surface area contributed by atoms with Gasteiger partial charge in [-0.2, -0.15) is 0 Å². The molecule has 0 aliphatic rings. The summed E-state index contributed by atoms with van der Waals surface area (Å²) in [6.07, 6.45) is 2.56. The molecule has 2 heterocycles. The molecule has 0 aliphatic heterocycles. The summed E-state index contributed by atoms with van der Waals surface area (Å²) >= 11 is 1.40. The molecule has 2 aromatic heterocycles. The van der Waals surface area contributed by atoms with Crippen molar-refractivity contribution in [3.63, 3.8) is 0 Å². The summed E-state index contributed by atoms with van der Waals surface area (Å²) < 4.78 is 10.8. The monoisotopic (exact) mass is 254 g/mol. The van der Waals surface area contributed by atoms with E-state index in [2.05, 4.69) is 27.3 Å². The van der Waals surface area contributed by atoms with Gasteiger partial charge in [-0.05, 0) is 6.42 Å². The van der Waals surface area contributed by atoms with Gasteiger partial charge in [-0.1, -0.05) is 25.6 Å². The molecule has 6 nitrogen and oxygen atoms in total. The van der Waals surface area contributed by atoms with Crippen molar-refractivity contribution in [2.45, 2.75) is 44.1 Å². The van der Waals surface area contributed by atoms with Gasteiger partial charge in [0.2, 0.25) is 17.7 Å². The van der Waals surface area contributed by atoms with E-state index in [9.17, 15) is 0 Å². The first kappa shape index (κ1) is 12.1. The molecule has 0 N–H and O–H groups in total. The summed E-state index contributed by atoms with van der Waals surface area (Å²) in [5, 5.41) is 16.2. The van der Waals surface area contributed by atoms with E-state index in [4.69, 9.17) is 8.83 Å². The molecule has 0 atom stereocenters. The molecule has 0 amide bonds. The van der Waals surface area contributed by atoms with E-state index in [1.54, 1.807) is 0 Å². The molecule has 92 valence electrons. The topological polar surface area (TPSA) is 77.8 Å². The van der Waals surface area contributed by atoms with Crippen LogP contribution in [-0.4, -0.2) is 20.4 Å². The van der Waals surface area contributed by atoms with Gasteiger partial charge in [0.05, 0.1) is 5.75 Å². The van der Waals surface area contributed by atoms with Crippen molar-refractivity contribution in [1.82, 2.24) is 20.4 Å². The number of aromatic nitrogens is 4. The summed E-state index contributed by atoms with van der Waals surface area (Å²) in [7, 11) is 0. The fraction of sp³-hybridized carbons (Fsp3) is 0.600. The van der Waals surface area contributed by atoms with Gasteiger partial charge in [-0.25, -0.2) is 0 Å². The molecular weight excluding hydrogens is 240 g/mol. The predicted octanol–water partition coefficient (Wildman–Crippen LogP) is 2.26. The van der Waals surface area contributed by atoms with Gasteiger partial charge in [0, 0.05) is 12.8 Å². The molecule has 0 aliphatic carbocycles. The van der Waals surface area contributed by atoms with E-state index < -0.39 is 0 Å². The van der Waals surface area contributed by atoms with Crippen LogP contribution in [0.25, 0.3) is 0 Å². The van der Waals surface area contributed by atoms with Gasteiger partial charge in [-0.15, -0.1) is 20.4 Å². The number of thioether (sulfide) groups is 1. The fourth-order valence-electron chi connectivity index (χ4n) is 1.22. The van der Waals surface area contributed by atoms with Crippen LogP contribution in [0.3, 0.4) is 0 Å². The van der Waals surface area contributed by atoms with E-state index in [0.29, 0.717) is 28.6 Å². The van der Waals surface area contributed by atoms with Crippen LogP contribution in [0.1, 0.15) is 37.9 Å². The van der Waals surface area contributed by atoms with Crippen molar-refractivity contribution in [2.24, 2.45) is 0 Å². The lowest BCUT2D eigenvalue weighted by Gasteiger charge is -1.90. The average molecular weight is 254 g/mol. The van der Waals surface area contributed by atoms with Crippen LogP contribution in [0.15, 0.2) is 14.1 Å². The maximum absolute atomic E-state index is 5.45. The molecule has 0 fully saturated rings. The normalized spacial score (nSPS) is 10.9. The minimum absolute atomic E-state index is 0.539. The zero-order chi connectivity index (χ0) is 12.1. The van der Waals surface area contributed by atoms with Crippen molar-refractivity contribution in [1.29, 1.82) is 0 Å². The highest BCUT2D eigenvalue weighted by atomic mass is 32.2.